The number of halogens is 2. The van der Waals surface area contributed by atoms with Gasteiger partial charge in [0.15, 0.2) is 0 Å². The first-order chi connectivity index (χ1) is 10.9. The second-order valence-corrected chi connectivity index (χ2v) is 6.23. The van der Waals surface area contributed by atoms with Gasteiger partial charge in [-0.2, -0.15) is 0 Å². The van der Waals surface area contributed by atoms with E-state index >= 15 is 0 Å². The van der Waals surface area contributed by atoms with E-state index in [1.165, 1.54) is 9.80 Å². The van der Waals surface area contributed by atoms with Crippen LogP contribution < -0.4 is 10.6 Å². The number of amides is 4. The van der Waals surface area contributed by atoms with E-state index in [1.807, 2.05) is 0 Å². The maximum atomic E-state index is 12.3. The second kappa shape index (κ2) is 6.25. The van der Waals surface area contributed by atoms with Crippen LogP contribution in [0.2, 0.25) is 10.0 Å². The monoisotopic (exact) mass is 356 g/mol. The largest absolute Gasteiger partial charge is 0.345 e. The predicted octanol–water partition coefficient (Wildman–Crippen LogP) is 1.17. The van der Waals surface area contributed by atoms with Crippen molar-refractivity contribution in [3.8, 4) is 0 Å². The molecule has 2 aliphatic rings. The van der Waals surface area contributed by atoms with Gasteiger partial charge in [-0.15, -0.1) is 0 Å². The number of urea groups is 1. The molecule has 1 aromatic carbocycles. The van der Waals surface area contributed by atoms with Crippen molar-refractivity contribution < 1.29 is 14.4 Å². The van der Waals surface area contributed by atoms with Crippen LogP contribution in [0, 0.1) is 0 Å². The molecule has 0 saturated carbocycles. The molecule has 0 aromatic heterocycles. The zero-order valence-corrected chi connectivity index (χ0v) is 13.5. The van der Waals surface area contributed by atoms with Crippen molar-refractivity contribution in [3.63, 3.8) is 0 Å². The Morgan fingerprint density at radius 1 is 1.17 bits per heavy atom. The lowest BCUT2D eigenvalue weighted by Crippen LogP contribution is -2.66. The summed E-state index contributed by atoms with van der Waals surface area (Å²) in [5.74, 6) is -0.371. The smallest absolute Gasteiger partial charge is 0.321 e. The minimum Gasteiger partial charge on any atom is -0.345 e. The molecule has 0 unspecified atom stereocenters. The van der Waals surface area contributed by atoms with E-state index in [9.17, 15) is 14.4 Å². The molecule has 1 aromatic rings. The highest BCUT2D eigenvalue weighted by atomic mass is 35.5. The molecule has 4 amide bonds. The van der Waals surface area contributed by atoms with Gasteiger partial charge in [-0.25, -0.2) is 4.79 Å². The molecule has 2 fully saturated rings. The topological polar surface area (TPSA) is 81.8 Å². The first kappa shape index (κ1) is 15.9. The van der Waals surface area contributed by atoms with Gasteiger partial charge < -0.3 is 20.4 Å². The third-order valence-corrected chi connectivity index (χ3v) is 4.25. The van der Waals surface area contributed by atoms with Crippen molar-refractivity contribution in [2.45, 2.75) is 6.04 Å². The van der Waals surface area contributed by atoms with Crippen molar-refractivity contribution in [1.82, 2.24) is 15.1 Å². The summed E-state index contributed by atoms with van der Waals surface area (Å²) in [5.41, 5.74) is 0.471. The Balaban J connectivity index is 1.69. The molecule has 3 rings (SSSR count). The summed E-state index contributed by atoms with van der Waals surface area (Å²) in [5, 5.41) is 6.05. The number of hydrogen-bond acceptors (Lipinski definition) is 3. The number of nitrogens with zero attached hydrogens (tertiary/aromatic N) is 2. The number of fused-ring (bicyclic) bond motifs is 1. The molecule has 7 nitrogen and oxygen atoms in total. The summed E-state index contributed by atoms with van der Waals surface area (Å²) in [6, 6.07) is 3.72. The number of piperazine rings is 2. The predicted molar refractivity (Wildman–Crippen MR) is 85.6 cm³/mol. The van der Waals surface area contributed by atoms with Crippen LogP contribution in [0.1, 0.15) is 0 Å². The van der Waals surface area contributed by atoms with E-state index in [1.54, 1.807) is 18.2 Å². The van der Waals surface area contributed by atoms with Crippen molar-refractivity contribution >= 4 is 46.7 Å². The zero-order chi connectivity index (χ0) is 16.6. The normalized spacial score (nSPS) is 20.9. The van der Waals surface area contributed by atoms with E-state index < -0.39 is 6.04 Å². The Morgan fingerprint density at radius 3 is 2.57 bits per heavy atom. The number of anilines is 1. The van der Waals surface area contributed by atoms with Gasteiger partial charge in [0.2, 0.25) is 11.8 Å². The van der Waals surface area contributed by atoms with Crippen molar-refractivity contribution in [1.29, 1.82) is 0 Å². The van der Waals surface area contributed by atoms with E-state index in [0.29, 0.717) is 28.8 Å². The van der Waals surface area contributed by atoms with Crippen LogP contribution in [0.4, 0.5) is 10.5 Å². The first-order valence-electron chi connectivity index (χ1n) is 7.03. The molecule has 23 heavy (non-hydrogen) atoms. The van der Waals surface area contributed by atoms with Gasteiger partial charge in [0, 0.05) is 28.8 Å². The summed E-state index contributed by atoms with van der Waals surface area (Å²) in [6.45, 7) is 0.858. The third-order valence-electron chi connectivity index (χ3n) is 3.82. The number of carbonyl (C=O) groups excluding carboxylic acids is 3. The highest BCUT2D eigenvalue weighted by Crippen LogP contribution is 2.23. The molecular formula is C14H14Cl2N4O3. The molecule has 122 valence electrons. The molecule has 1 atom stereocenters. The number of carbonyl (C=O) groups is 3. The lowest BCUT2D eigenvalue weighted by molar-refractivity contribution is -0.148. The Labute approximate surface area is 142 Å². The van der Waals surface area contributed by atoms with E-state index in [2.05, 4.69) is 10.6 Å². The molecule has 9 heteroatoms. The fraction of sp³-hybridized carbons (Fsp3) is 0.357. The molecule has 2 heterocycles. The fourth-order valence-corrected chi connectivity index (χ4v) is 3.23. The minimum absolute atomic E-state index is 0.0164. The molecular weight excluding hydrogens is 343 g/mol. The SMILES string of the molecule is O=C1NCC(=O)N2CCN(C(=O)Nc3cc(Cl)cc(Cl)c3)C[C@@H]12. The van der Waals surface area contributed by atoms with Crippen molar-refractivity contribution in [3.05, 3.63) is 28.2 Å². The number of rotatable bonds is 1. The lowest BCUT2D eigenvalue weighted by Gasteiger charge is -2.42. The first-order valence-corrected chi connectivity index (χ1v) is 7.79. The molecule has 0 spiro atoms. The minimum atomic E-state index is -0.640. The Kier molecular flexibility index (Phi) is 4.32. The van der Waals surface area contributed by atoms with E-state index in [-0.39, 0.29) is 30.9 Å². The summed E-state index contributed by atoms with van der Waals surface area (Å²) >= 11 is 11.8. The fourth-order valence-electron chi connectivity index (χ4n) is 2.70. The summed E-state index contributed by atoms with van der Waals surface area (Å²) in [7, 11) is 0. The van der Waals surface area contributed by atoms with Gasteiger partial charge in [-0.1, -0.05) is 23.2 Å². The molecule has 0 radical (unpaired) electrons. The summed E-state index contributed by atoms with van der Waals surface area (Å²) in [4.78, 5) is 39.0. The van der Waals surface area contributed by atoms with Gasteiger partial charge in [-0.05, 0) is 18.2 Å². The highest BCUT2D eigenvalue weighted by Gasteiger charge is 2.39. The molecule has 2 aliphatic heterocycles. The molecule has 0 bridgehead atoms. The average Bonchev–Trinajstić information content (AvgIpc) is 2.49. The summed E-state index contributed by atoms with van der Waals surface area (Å²) in [6.07, 6.45) is 0. The lowest BCUT2D eigenvalue weighted by atomic mass is 10.1. The van der Waals surface area contributed by atoms with E-state index in [0.717, 1.165) is 0 Å². The quantitative estimate of drug-likeness (QED) is 0.792. The Hall–Kier alpha value is -1.99. The van der Waals surface area contributed by atoms with Crippen LogP contribution in [0.15, 0.2) is 18.2 Å². The second-order valence-electron chi connectivity index (χ2n) is 5.36. The average molecular weight is 357 g/mol. The highest BCUT2D eigenvalue weighted by molar-refractivity contribution is 6.35. The third kappa shape index (κ3) is 3.35. The molecule has 0 aliphatic carbocycles. The molecule has 2 N–H and O–H groups in total. The van der Waals surface area contributed by atoms with Crippen LogP contribution in [-0.2, 0) is 9.59 Å². The van der Waals surface area contributed by atoms with Crippen LogP contribution >= 0.6 is 23.2 Å². The van der Waals surface area contributed by atoms with Crippen LogP contribution in [0.3, 0.4) is 0 Å². The summed E-state index contributed by atoms with van der Waals surface area (Å²) < 4.78 is 0. The molecule has 2 saturated heterocycles. The number of nitrogens with one attached hydrogen (secondary N) is 2. The zero-order valence-electron chi connectivity index (χ0n) is 12.0. The maximum Gasteiger partial charge on any atom is 0.321 e. The Bertz CT molecular complexity index is 662. The standard InChI is InChI=1S/C14H14Cl2N4O3/c15-8-3-9(16)5-10(4-8)18-14(23)19-1-2-20-11(7-19)13(22)17-6-12(20)21/h3-5,11H,1-2,6-7H2,(H,17,22)(H,18,23)/t11-/m0/s1. The van der Waals surface area contributed by atoms with Crippen LogP contribution in [0.25, 0.3) is 0 Å². The number of hydrogen-bond donors (Lipinski definition) is 2. The maximum absolute atomic E-state index is 12.3. The van der Waals surface area contributed by atoms with Crippen LogP contribution in [0.5, 0.6) is 0 Å². The van der Waals surface area contributed by atoms with Crippen molar-refractivity contribution in [2.24, 2.45) is 0 Å². The van der Waals surface area contributed by atoms with Crippen LogP contribution in [-0.4, -0.2) is 59.9 Å². The van der Waals surface area contributed by atoms with Crippen molar-refractivity contribution in [2.75, 3.05) is 31.5 Å². The van der Waals surface area contributed by atoms with Gasteiger partial charge in [0.25, 0.3) is 0 Å². The van der Waals surface area contributed by atoms with Gasteiger partial charge >= 0.3 is 6.03 Å². The van der Waals surface area contributed by atoms with Gasteiger partial charge in [0.1, 0.15) is 6.04 Å². The van der Waals surface area contributed by atoms with Gasteiger partial charge in [-0.3, -0.25) is 9.59 Å². The van der Waals surface area contributed by atoms with E-state index in [4.69, 9.17) is 23.2 Å². The Morgan fingerprint density at radius 2 is 1.87 bits per heavy atom. The number of benzene rings is 1. The van der Waals surface area contributed by atoms with Gasteiger partial charge in [0.05, 0.1) is 13.1 Å².